The van der Waals surface area contributed by atoms with E-state index < -0.39 is 0 Å². The standard InChI is InChI=1S/C14H16N4S/c1-9(4-10-2-3-19-8-10)17-14-6-13-11(5-12(14)15)7-16-18-13/h2-3,5-9,17H,4,15H2,1H3,(H,16,18). The van der Waals surface area contributed by atoms with Gasteiger partial charge in [0.25, 0.3) is 0 Å². The van der Waals surface area contributed by atoms with Gasteiger partial charge in [0.2, 0.25) is 0 Å². The van der Waals surface area contributed by atoms with E-state index in [0.29, 0.717) is 6.04 Å². The zero-order valence-corrected chi connectivity index (χ0v) is 11.5. The molecule has 0 spiro atoms. The molecule has 1 unspecified atom stereocenters. The molecule has 0 aliphatic carbocycles. The number of fused-ring (bicyclic) bond motifs is 1. The van der Waals surface area contributed by atoms with Crippen molar-refractivity contribution < 1.29 is 0 Å². The Labute approximate surface area is 115 Å². The van der Waals surface area contributed by atoms with Crippen LogP contribution in [0.2, 0.25) is 0 Å². The lowest BCUT2D eigenvalue weighted by molar-refractivity contribution is 0.793. The SMILES string of the molecule is CC(Cc1ccsc1)Nc1cc2[nH]ncc2cc1N. The average Bonchev–Trinajstić information content (AvgIpc) is 3.00. The molecule has 0 aliphatic rings. The van der Waals surface area contributed by atoms with Gasteiger partial charge in [0, 0.05) is 11.4 Å². The van der Waals surface area contributed by atoms with Crippen LogP contribution in [0.4, 0.5) is 11.4 Å². The quantitative estimate of drug-likeness (QED) is 0.639. The Hall–Kier alpha value is -2.01. The Kier molecular flexibility index (Phi) is 3.13. The molecule has 3 aromatic rings. The van der Waals surface area contributed by atoms with Gasteiger partial charge in [-0.25, -0.2) is 0 Å². The smallest absolute Gasteiger partial charge is 0.0672 e. The number of H-pyrrole nitrogens is 1. The first-order valence-corrected chi connectivity index (χ1v) is 7.17. The van der Waals surface area contributed by atoms with Gasteiger partial charge >= 0.3 is 0 Å². The van der Waals surface area contributed by atoms with Crippen LogP contribution in [-0.2, 0) is 6.42 Å². The highest BCUT2D eigenvalue weighted by Gasteiger charge is 2.08. The summed E-state index contributed by atoms with van der Waals surface area (Å²) >= 11 is 1.73. The zero-order valence-electron chi connectivity index (χ0n) is 10.7. The van der Waals surface area contributed by atoms with Crippen LogP contribution < -0.4 is 11.1 Å². The van der Waals surface area contributed by atoms with Gasteiger partial charge in [0.05, 0.1) is 23.1 Å². The number of hydrogen-bond donors (Lipinski definition) is 3. The number of nitrogens with one attached hydrogen (secondary N) is 2. The Balaban J connectivity index is 1.78. The Morgan fingerprint density at radius 2 is 2.37 bits per heavy atom. The topological polar surface area (TPSA) is 66.7 Å². The van der Waals surface area contributed by atoms with Crippen LogP contribution in [0.25, 0.3) is 10.9 Å². The summed E-state index contributed by atoms with van der Waals surface area (Å²) in [5.41, 5.74) is 10.1. The first kappa shape index (κ1) is 12.0. The van der Waals surface area contributed by atoms with Crippen LogP contribution in [-0.4, -0.2) is 16.2 Å². The third kappa shape index (κ3) is 2.56. The van der Waals surface area contributed by atoms with E-state index in [-0.39, 0.29) is 0 Å². The maximum absolute atomic E-state index is 6.07. The van der Waals surface area contributed by atoms with E-state index in [0.717, 1.165) is 28.7 Å². The van der Waals surface area contributed by atoms with Crippen LogP contribution in [0.3, 0.4) is 0 Å². The lowest BCUT2D eigenvalue weighted by Crippen LogP contribution is -2.18. The molecule has 0 aliphatic heterocycles. The molecule has 1 atom stereocenters. The number of nitrogens with two attached hydrogens (primary N) is 1. The number of thiophene rings is 1. The fraction of sp³-hybridized carbons (Fsp3) is 0.214. The van der Waals surface area contributed by atoms with Crippen LogP contribution in [0.5, 0.6) is 0 Å². The van der Waals surface area contributed by atoms with Crippen LogP contribution in [0, 0.1) is 0 Å². The predicted octanol–water partition coefficient (Wildman–Crippen LogP) is 3.25. The van der Waals surface area contributed by atoms with Gasteiger partial charge in [-0.3, -0.25) is 5.10 Å². The van der Waals surface area contributed by atoms with Crippen molar-refractivity contribution in [3.63, 3.8) is 0 Å². The molecule has 2 aromatic heterocycles. The zero-order chi connectivity index (χ0) is 13.2. The van der Waals surface area contributed by atoms with E-state index in [1.54, 1.807) is 17.5 Å². The second-order valence-electron chi connectivity index (χ2n) is 4.78. The van der Waals surface area contributed by atoms with Crippen molar-refractivity contribution in [2.75, 3.05) is 11.1 Å². The normalized spacial score (nSPS) is 12.7. The first-order chi connectivity index (χ1) is 9.22. The molecule has 0 radical (unpaired) electrons. The van der Waals surface area contributed by atoms with Gasteiger partial charge in [-0.2, -0.15) is 16.4 Å². The molecule has 98 valence electrons. The minimum absolute atomic E-state index is 0.331. The summed E-state index contributed by atoms with van der Waals surface area (Å²) in [7, 11) is 0. The van der Waals surface area contributed by atoms with Crippen LogP contribution >= 0.6 is 11.3 Å². The lowest BCUT2D eigenvalue weighted by Gasteiger charge is -2.16. The number of anilines is 2. The first-order valence-electron chi connectivity index (χ1n) is 6.22. The number of aromatic nitrogens is 2. The summed E-state index contributed by atoms with van der Waals surface area (Å²) in [5.74, 6) is 0. The number of nitrogens with zero attached hydrogens (tertiary/aromatic N) is 1. The lowest BCUT2D eigenvalue weighted by atomic mass is 10.1. The highest BCUT2D eigenvalue weighted by Crippen LogP contribution is 2.25. The third-order valence-corrected chi connectivity index (χ3v) is 3.87. The van der Waals surface area contributed by atoms with E-state index >= 15 is 0 Å². The maximum Gasteiger partial charge on any atom is 0.0672 e. The van der Waals surface area contributed by atoms with Crippen molar-refractivity contribution in [2.45, 2.75) is 19.4 Å². The number of rotatable bonds is 4. The molecule has 0 saturated heterocycles. The van der Waals surface area contributed by atoms with Crippen LogP contribution in [0.15, 0.2) is 35.2 Å². The van der Waals surface area contributed by atoms with E-state index in [1.807, 2.05) is 12.1 Å². The summed E-state index contributed by atoms with van der Waals surface area (Å²) in [6, 6.07) is 6.45. The van der Waals surface area contributed by atoms with Crippen molar-refractivity contribution in [1.29, 1.82) is 0 Å². The Morgan fingerprint density at radius 3 is 3.16 bits per heavy atom. The monoisotopic (exact) mass is 272 g/mol. The molecule has 0 saturated carbocycles. The number of nitrogen functional groups attached to an aromatic ring is 1. The number of hydrogen-bond acceptors (Lipinski definition) is 4. The highest BCUT2D eigenvalue weighted by atomic mass is 32.1. The molecule has 4 nitrogen and oxygen atoms in total. The summed E-state index contributed by atoms with van der Waals surface area (Å²) in [4.78, 5) is 0. The molecule has 3 rings (SSSR count). The van der Waals surface area contributed by atoms with Crippen molar-refractivity contribution in [3.05, 3.63) is 40.7 Å². The largest absolute Gasteiger partial charge is 0.397 e. The maximum atomic E-state index is 6.07. The Morgan fingerprint density at radius 1 is 1.47 bits per heavy atom. The molecule has 0 bridgehead atoms. The van der Waals surface area contributed by atoms with Gasteiger partial charge < -0.3 is 11.1 Å². The van der Waals surface area contributed by atoms with E-state index in [1.165, 1.54) is 5.56 Å². The number of benzene rings is 1. The van der Waals surface area contributed by atoms with E-state index in [2.05, 4.69) is 39.3 Å². The second-order valence-corrected chi connectivity index (χ2v) is 5.56. The molecule has 19 heavy (non-hydrogen) atoms. The molecule has 2 heterocycles. The molecular formula is C14H16N4S. The minimum Gasteiger partial charge on any atom is -0.397 e. The third-order valence-electron chi connectivity index (χ3n) is 3.13. The van der Waals surface area contributed by atoms with Crippen LogP contribution in [0.1, 0.15) is 12.5 Å². The number of aromatic amines is 1. The fourth-order valence-corrected chi connectivity index (χ4v) is 2.89. The van der Waals surface area contributed by atoms with Gasteiger partial charge in [-0.15, -0.1) is 0 Å². The summed E-state index contributed by atoms with van der Waals surface area (Å²) < 4.78 is 0. The van der Waals surface area contributed by atoms with E-state index in [9.17, 15) is 0 Å². The summed E-state index contributed by atoms with van der Waals surface area (Å²) in [6.45, 7) is 2.16. The summed E-state index contributed by atoms with van der Waals surface area (Å²) in [5, 5.41) is 15.8. The van der Waals surface area contributed by atoms with Crippen molar-refractivity contribution in [3.8, 4) is 0 Å². The van der Waals surface area contributed by atoms with E-state index in [4.69, 9.17) is 5.73 Å². The van der Waals surface area contributed by atoms with Gasteiger partial charge in [0.15, 0.2) is 0 Å². The van der Waals surface area contributed by atoms with Crippen molar-refractivity contribution in [2.24, 2.45) is 0 Å². The molecule has 5 heteroatoms. The minimum atomic E-state index is 0.331. The fourth-order valence-electron chi connectivity index (χ4n) is 2.21. The second kappa shape index (κ2) is 4.93. The molecule has 0 fully saturated rings. The average molecular weight is 272 g/mol. The van der Waals surface area contributed by atoms with Gasteiger partial charge in [-0.05, 0) is 47.9 Å². The van der Waals surface area contributed by atoms with Gasteiger partial charge in [-0.1, -0.05) is 0 Å². The molecular weight excluding hydrogens is 256 g/mol. The Bertz CT molecular complexity index is 672. The molecule has 0 amide bonds. The highest BCUT2D eigenvalue weighted by molar-refractivity contribution is 7.07. The van der Waals surface area contributed by atoms with Crippen molar-refractivity contribution >= 4 is 33.6 Å². The molecule has 4 N–H and O–H groups in total. The van der Waals surface area contributed by atoms with Gasteiger partial charge in [0.1, 0.15) is 0 Å². The summed E-state index contributed by atoms with van der Waals surface area (Å²) in [6.07, 6.45) is 2.77. The van der Waals surface area contributed by atoms with Crippen molar-refractivity contribution in [1.82, 2.24) is 10.2 Å². The molecule has 1 aromatic carbocycles. The predicted molar refractivity (Wildman–Crippen MR) is 81.6 cm³/mol.